The molecule has 17 heavy (non-hydrogen) atoms. The summed E-state index contributed by atoms with van der Waals surface area (Å²) in [5.74, 6) is 0. The average molecular weight is 255 g/mol. The van der Waals surface area contributed by atoms with Crippen molar-refractivity contribution < 1.29 is 0 Å². The van der Waals surface area contributed by atoms with Crippen molar-refractivity contribution in [1.82, 2.24) is 10.3 Å². The van der Waals surface area contributed by atoms with Crippen molar-refractivity contribution >= 4 is 16.5 Å². The van der Waals surface area contributed by atoms with Crippen LogP contribution in [0.4, 0.5) is 5.13 Å². The minimum Gasteiger partial charge on any atom is -0.348 e. The van der Waals surface area contributed by atoms with E-state index in [1.165, 1.54) is 0 Å². The Morgan fingerprint density at radius 1 is 1.47 bits per heavy atom. The SMILES string of the molecule is CCC(C)N(C)c1nc(CNC(C)(C)C)cs1. The second kappa shape index (κ2) is 5.83. The summed E-state index contributed by atoms with van der Waals surface area (Å²) < 4.78 is 0. The molecule has 3 nitrogen and oxygen atoms in total. The molecule has 0 aliphatic carbocycles. The van der Waals surface area contributed by atoms with Gasteiger partial charge in [-0.3, -0.25) is 0 Å². The van der Waals surface area contributed by atoms with Crippen LogP contribution in [0.5, 0.6) is 0 Å². The van der Waals surface area contributed by atoms with E-state index >= 15 is 0 Å². The van der Waals surface area contributed by atoms with E-state index in [1.807, 2.05) is 0 Å². The quantitative estimate of drug-likeness (QED) is 0.875. The fraction of sp³-hybridized carbons (Fsp3) is 0.769. The van der Waals surface area contributed by atoms with Gasteiger partial charge < -0.3 is 10.2 Å². The molecule has 0 radical (unpaired) electrons. The van der Waals surface area contributed by atoms with Gasteiger partial charge in [-0.25, -0.2) is 4.98 Å². The van der Waals surface area contributed by atoms with Crippen molar-refractivity contribution in [2.75, 3.05) is 11.9 Å². The molecule has 0 saturated carbocycles. The summed E-state index contributed by atoms with van der Waals surface area (Å²) in [6.45, 7) is 11.8. The summed E-state index contributed by atoms with van der Waals surface area (Å²) in [5, 5.41) is 6.72. The van der Waals surface area contributed by atoms with E-state index in [1.54, 1.807) is 11.3 Å². The van der Waals surface area contributed by atoms with Crippen LogP contribution in [0, 0.1) is 0 Å². The Hall–Kier alpha value is -0.610. The molecule has 98 valence electrons. The maximum absolute atomic E-state index is 4.66. The fourth-order valence-electron chi connectivity index (χ4n) is 1.36. The third-order valence-corrected chi connectivity index (χ3v) is 3.87. The Morgan fingerprint density at radius 2 is 2.12 bits per heavy atom. The lowest BCUT2D eigenvalue weighted by Crippen LogP contribution is -2.35. The lowest BCUT2D eigenvalue weighted by Gasteiger charge is -2.23. The van der Waals surface area contributed by atoms with E-state index < -0.39 is 0 Å². The van der Waals surface area contributed by atoms with Crippen molar-refractivity contribution in [1.29, 1.82) is 0 Å². The van der Waals surface area contributed by atoms with E-state index in [9.17, 15) is 0 Å². The Bertz CT molecular complexity index is 341. The molecule has 0 aromatic carbocycles. The summed E-state index contributed by atoms with van der Waals surface area (Å²) in [4.78, 5) is 6.92. The first-order chi connectivity index (χ1) is 7.83. The minimum absolute atomic E-state index is 0.145. The van der Waals surface area contributed by atoms with Gasteiger partial charge in [0.25, 0.3) is 0 Å². The Morgan fingerprint density at radius 3 is 2.65 bits per heavy atom. The topological polar surface area (TPSA) is 28.2 Å². The highest BCUT2D eigenvalue weighted by Crippen LogP contribution is 2.22. The van der Waals surface area contributed by atoms with Gasteiger partial charge in [-0.05, 0) is 34.1 Å². The monoisotopic (exact) mass is 255 g/mol. The van der Waals surface area contributed by atoms with Crippen LogP contribution in [-0.4, -0.2) is 23.6 Å². The Labute approximate surface area is 109 Å². The van der Waals surface area contributed by atoms with Crippen LogP contribution in [0.3, 0.4) is 0 Å². The van der Waals surface area contributed by atoms with Crippen LogP contribution in [-0.2, 0) is 6.54 Å². The van der Waals surface area contributed by atoms with Crippen LogP contribution in [0.1, 0.15) is 46.7 Å². The van der Waals surface area contributed by atoms with Gasteiger partial charge >= 0.3 is 0 Å². The number of rotatable bonds is 5. The summed E-state index contributed by atoms with van der Waals surface area (Å²) in [6, 6.07) is 0.546. The minimum atomic E-state index is 0.145. The zero-order valence-electron chi connectivity index (χ0n) is 11.9. The van der Waals surface area contributed by atoms with Gasteiger partial charge in [0.1, 0.15) is 0 Å². The predicted octanol–water partition coefficient (Wildman–Crippen LogP) is 3.27. The number of anilines is 1. The number of aromatic nitrogens is 1. The molecule has 0 aliphatic heterocycles. The highest BCUT2D eigenvalue weighted by atomic mass is 32.1. The lowest BCUT2D eigenvalue weighted by atomic mass is 10.1. The van der Waals surface area contributed by atoms with Gasteiger partial charge in [-0.1, -0.05) is 6.92 Å². The Balaban J connectivity index is 2.59. The molecule has 1 unspecified atom stereocenters. The molecule has 1 aromatic rings. The van der Waals surface area contributed by atoms with Gasteiger partial charge in [-0.15, -0.1) is 11.3 Å². The molecule has 0 bridgehead atoms. The number of thiazole rings is 1. The van der Waals surface area contributed by atoms with Gasteiger partial charge in [-0.2, -0.15) is 0 Å². The first-order valence-corrected chi connectivity index (χ1v) is 7.13. The van der Waals surface area contributed by atoms with Crippen molar-refractivity contribution in [3.63, 3.8) is 0 Å². The van der Waals surface area contributed by atoms with Crippen LogP contribution < -0.4 is 10.2 Å². The standard InChI is InChI=1S/C13H25N3S/c1-7-10(2)16(6)12-15-11(9-17-12)8-14-13(3,4)5/h9-10,14H,7-8H2,1-6H3. The molecular formula is C13H25N3S. The van der Waals surface area contributed by atoms with Gasteiger partial charge in [0.2, 0.25) is 0 Å². The smallest absolute Gasteiger partial charge is 0.185 e. The lowest BCUT2D eigenvalue weighted by molar-refractivity contribution is 0.422. The zero-order chi connectivity index (χ0) is 13.1. The maximum Gasteiger partial charge on any atom is 0.185 e. The molecule has 0 saturated heterocycles. The fourth-order valence-corrected chi connectivity index (χ4v) is 2.25. The van der Waals surface area contributed by atoms with Crippen molar-refractivity contribution in [2.24, 2.45) is 0 Å². The van der Waals surface area contributed by atoms with E-state index in [-0.39, 0.29) is 5.54 Å². The third kappa shape index (κ3) is 4.64. The molecule has 1 aromatic heterocycles. The molecule has 1 N–H and O–H groups in total. The van der Waals surface area contributed by atoms with E-state index in [4.69, 9.17) is 0 Å². The van der Waals surface area contributed by atoms with Gasteiger partial charge in [0.05, 0.1) is 5.69 Å². The second-order valence-corrected chi connectivity index (χ2v) is 6.43. The van der Waals surface area contributed by atoms with Crippen LogP contribution in [0.15, 0.2) is 5.38 Å². The summed E-state index contributed by atoms with van der Waals surface area (Å²) in [5.41, 5.74) is 1.28. The number of nitrogens with zero attached hydrogens (tertiary/aromatic N) is 2. The highest BCUT2D eigenvalue weighted by molar-refractivity contribution is 7.13. The number of hydrogen-bond donors (Lipinski definition) is 1. The van der Waals surface area contributed by atoms with E-state index in [0.29, 0.717) is 6.04 Å². The van der Waals surface area contributed by atoms with Crippen molar-refractivity contribution in [3.05, 3.63) is 11.1 Å². The normalized spacial score (nSPS) is 13.8. The van der Waals surface area contributed by atoms with E-state index in [2.05, 4.69) is 62.2 Å². The molecule has 4 heteroatoms. The molecule has 1 heterocycles. The predicted molar refractivity (Wildman–Crippen MR) is 76.9 cm³/mol. The van der Waals surface area contributed by atoms with Crippen LogP contribution in [0.2, 0.25) is 0 Å². The maximum atomic E-state index is 4.66. The molecule has 0 spiro atoms. The van der Waals surface area contributed by atoms with Crippen molar-refractivity contribution in [2.45, 2.75) is 59.2 Å². The van der Waals surface area contributed by atoms with Gasteiger partial charge in [0, 0.05) is 30.6 Å². The van der Waals surface area contributed by atoms with Gasteiger partial charge in [0.15, 0.2) is 5.13 Å². The number of hydrogen-bond acceptors (Lipinski definition) is 4. The molecule has 0 amide bonds. The van der Waals surface area contributed by atoms with Crippen LogP contribution >= 0.6 is 11.3 Å². The Kier molecular flexibility index (Phi) is 4.95. The molecule has 1 rings (SSSR count). The summed E-state index contributed by atoms with van der Waals surface area (Å²) >= 11 is 1.73. The molecule has 0 aliphatic rings. The molecule has 0 fully saturated rings. The summed E-state index contributed by atoms with van der Waals surface area (Å²) in [7, 11) is 2.12. The van der Waals surface area contributed by atoms with Crippen LogP contribution in [0.25, 0.3) is 0 Å². The summed E-state index contributed by atoms with van der Waals surface area (Å²) in [6.07, 6.45) is 1.14. The first kappa shape index (κ1) is 14.5. The van der Waals surface area contributed by atoms with E-state index in [0.717, 1.165) is 23.8 Å². The second-order valence-electron chi connectivity index (χ2n) is 5.59. The third-order valence-electron chi connectivity index (χ3n) is 2.89. The highest BCUT2D eigenvalue weighted by Gasteiger charge is 2.13. The molecular weight excluding hydrogens is 230 g/mol. The molecule has 1 atom stereocenters. The average Bonchev–Trinajstić information content (AvgIpc) is 2.72. The largest absolute Gasteiger partial charge is 0.348 e. The van der Waals surface area contributed by atoms with Crippen molar-refractivity contribution in [3.8, 4) is 0 Å². The first-order valence-electron chi connectivity index (χ1n) is 6.25. The zero-order valence-corrected chi connectivity index (χ0v) is 12.7. The number of nitrogens with one attached hydrogen (secondary N) is 1.